The molecule has 3 aromatic rings. The van der Waals surface area contributed by atoms with Gasteiger partial charge in [-0.05, 0) is 23.6 Å². The van der Waals surface area contributed by atoms with Crippen molar-refractivity contribution in [3.8, 4) is 10.6 Å². The van der Waals surface area contributed by atoms with Gasteiger partial charge in [0.1, 0.15) is 0 Å². The number of pyridine rings is 1. The van der Waals surface area contributed by atoms with Crippen LogP contribution in [0.25, 0.3) is 10.6 Å². The Kier molecular flexibility index (Phi) is 4.72. The van der Waals surface area contributed by atoms with Gasteiger partial charge in [-0.2, -0.15) is 5.10 Å². The predicted octanol–water partition coefficient (Wildman–Crippen LogP) is 3.64. The van der Waals surface area contributed by atoms with E-state index in [-0.39, 0.29) is 0 Å². The first kappa shape index (κ1) is 14.6. The Labute approximate surface area is 136 Å². The standard InChI is InChI=1S/C16H14N4S2/c1-2-8-18-16-20(19-11-13-6-3-4-9-17-13)14(12-22-16)15-7-5-10-21-15/h2-7,9-12H,1,8H2. The quantitative estimate of drug-likeness (QED) is 0.521. The molecule has 0 radical (unpaired) electrons. The van der Waals surface area contributed by atoms with Crippen molar-refractivity contribution in [2.45, 2.75) is 0 Å². The molecular weight excluding hydrogens is 312 g/mol. The first-order valence-electron chi connectivity index (χ1n) is 6.69. The zero-order chi connectivity index (χ0) is 15.2. The molecule has 0 N–H and O–H groups in total. The molecule has 0 atom stereocenters. The second-order valence-electron chi connectivity index (χ2n) is 4.32. The molecule has 0 amide bonds. The number of rotatable bonds is 5. The maximum atomic E-state index is 4.56. The fourth-order valence-corrected chi connectivity index (χ4v) is 3.47. The largest absolute Gasteiger partial charge is 0.255 e. The first-order valence-corrected chi connectivity index (χ1v) is 8.45. The molecule has 0 saturated carbocycles. The second-order valence-corrected chi connectivity index (χ2v) is 6.11. The van der Waals surface area contributed by atoms with E-state index >= 15 is 0 Å². The van der Waals surface area contributed by atoms with Crippen LogP contribution in [0.1, 0.15) is 5.69 Å². The van der Waals surface area contributed by atoms with E-state index in [0.717, 1.165) is 21.1 Å². The third-order valence-corrected chi connectivity index (χ3v) is 4.55. The van der Waals surface area contributed by atoms with E-state index < -0.39 is 0 Å². The molecule has 0 bridgehead atoms. The molecule has 0 spiro atoms. The van der Waals surface area contributed by atoms with Gasteiger partial charge in [0.25, 0.3) is 0 Å². The van der Waals surface area contributed by atoms with Crippen molar-refractivity contribution in [1.29, 1.82) is 0 Å². The first-order chi connectivity index (χ1) is 10.9. The smallest absolute Gasteiger partial charge is 0.206 e. The highest BCUT2D eigenvalue weighted by molar-refractivity contribution is 7.14. The molecule has 0 aliphatic rings. The molecule has 4 nitrogen and oxygen atoms in total. The molecule has 3 heterocycles. The lowest BCUT2D eigenvalue weighted by molar-refractivity contribution is 0.841. The third-order valence-electron chi connectivity index (χ3n) is 2.81. The van der Waals surface area contributed by atoms with E-state index in [9.17, 15) is 0 Å². The molecule has 0 aromatic carbocycles. The summed E-state index contributed by atoms with van der Waals surface area (Å²) < 4.78 is 1.86. The Morgan fingerprint density at radius 1 is 1.23 bits per heavy atom. The summed E-state index contributed by atoms with van der Waals surface area (Å²) in [5.74, 6) is 0. The van der Waals surface area contributed by atoms with Crippen LogP contribution in [-0.4, -0.2) is 22.4 Å². The monoisotopic (exact) mass is 326 g/mol. The number of hydrogen-bond acceptors (Lipinski definition) is 5. The predicted molar refractivity (Wildman–Crippen MR) is 93.5 cm³/mol. The van der Waals surface area contributed by atoms with Gasteiger partial charge in [-0.15, -0.1) is 29.3 Å². The summed E-state index contributed by atoms with van der Waals surface area (Å²) >= 11 is 3.25. The van der Waals surface area contributed by atoms with Crippen molar-refractivity contribution < 1.29 is 0 Å². The molecule has 6 heteroatoms. The Morgan fingerprint density at radius 2 is 2.18 bits per heavy atom. The van der Waals surface area contributed by atoms with Gasteiger partial charge < -0.3 is 0 Å². The molecular formula is C16H14N4S2. The van der Waals surface area contributed by atoms with Crippen LogP contribution in [0.3, 0.4) is 0 Å². The van der Waals surface area contributed by atoms with Gasteiger partial charge in [-0.25, -0.2) is 4.68 Å². The van der Waals surface area contributed by atoms with Gasteiger partial charge in [0.15, 0.2) is 0 Å². The van der Waals surface area contributed by atoms with Gasteiger partial charge in [-0.3, -0.25) is 9.98 Å². The summed E-state index contributed by atoms with van der Waals surface area (Å²) in [5.41, 5.74) is 1.85. The summed E-state index contributed by atoms with van der Waals surface area (Å²) in [6, 6.07) is 9.86. The minimum atomic E-state index is 0.573. The van der Waals surface area contributed by atoms with Crippen molar-refractivity contribution >= 4 is 28.9 Å². The topological polar surface area (TPSA) is 42.5 Å². The van der Waals surface area contributed by atoms with E-state index in [2.05, 4.69) is 38.5 Å². The maximum absolute atomic E-state index is 4.56. The minimum Gasteiger partial charge on any atom is -0.255 e. The molecule has 3 aromatic heterocycles. The Balaban J connectivity index is 2.05. The lowest BCUT2D eigenvalue weighted by Crippen LogP contribution is -2.12. The van der Waals surface area contributed by atoms with Crippen molar-refractivity contribution in [3.63, 3.8) is 0 Å². The molecule has 0 saturated heterocycles. The van der Waals surface area contributed by atoms with Crippen LogP contribution in [0, 0.1) is 0 Å². The van der Waals surface area contributed by atoms with Crippen LogP contribution in [0.2, 0.25) is 0 Å². The minimum absolute atomic E-state index is 0.573. The Hall–Kier alpha value is -2.31. The molecule has 0 aliphatic heterocycles. The van der Waals surface area contributed by atoms with E-state index in [0.29, 0.717) is 6.54 Å². The average molecular weight is 326 g/mol. The van der Waals surface area contributed by atoms with Gasteiger partial charge in [0.05, 0.1) is 29.0 Å². The van der Waals surface area contributed by atoms with Crippen LogP contribution in [0.5, 0.6) is 0 Å². The Morgan fingerprint density at radius 3 is 2.91 bits per heavy atom. The summed E-state index contributed by atoms with van der Waals surface area (Å²) in [5, 5.41) is 8.69. The lowest BCUT2D eigenvalue weighted by atomic mass is 10.4. The number of nitrogens with zero attached hydrogens (tertiary/aromatic N) is 4. The van der Waals surface area contributed by atoms with Crippen LogP contribution in [-0.2, 0) is 0 Å². The van der Waals surface area contributed by atoms with E-state index in [1.165, 1.54) is 0 Å². The van der Waals surface area contributed by atoms with Crippen molar-refractivity contribution in [2.75, 3.05) is 6.54 Å². The second kappa shape index (κ2) is 7.11. The maximum Gasteiger partial charge on any atom is 0.206 e. The highest BCUT2D eigenvalue weighted by atomic mass is 32.1. The van der Waals surface area contributed by atoms with Crippen LogP contribution < -0.4 is 4.80 Å². The van der Waals surface area contributed by atoms with Crippen LogP contribution in [0.15, 0.2) is 70.0 Å². The van der Waals surface area contributed by atoms with Gasteiger partial charge in [-0.1, -0.05) is 18.2 Å². The fraction of sp³-hybridized carbons (Fsp3) is 0.0625. The number of thiophene rings is 1. The van der Waals surface area contributed by atoms with Crippen LogP contribution in [0.4, 0.5) is 0 Å². The van der Waals surface area contributed by atoms with Crippen molar-refractivity contribution in [2.24, 2.45) is 10.1 Å². The number of thiazole rings is 1. The van der Waals surface area contributed by atoms with Crippen molar-refractivity contribution in [3.05, 3.63) is 70.4 Å². The normalized spacial score (nSPS) is 12.1. The van der Waals surface area contributed by atoms with E-state index in [1.807, 2.05) is 28.9 Å². The number of hydrogen-bond donors (Lipinski definition) is 0. The van der Waals surface area contributed by atoms with Gasteiger partial charge in [0, 0.05) is 11.6 Å². The summed E-state index contributed by atoms with van der Waals surface area (Å²) in [7, 11) is 0. The molecule has 0 fully saturated rings. The molecule has 22 heavy (non-hydrogen) atoms. The Bertz CT molecular complexity index is 827. The summed E-state index contributed by atoms with van der Waals surface area (Å²) in [6.07, 6.45) is 5.27. The third kappa shape index (κ3) is 3.29. The highest BCUT2D eigenvalue weighted by Crippen LogP contribution is 2.24. The number of aromatic nitrogens is 2. The van der Waals surface area contributed by atoms with Gasteiger partial charge in [0.2, 0.25) is 4.80 Å². The summed E-state index contributed by atoms with van der Waals surface area (Å²) in [4.78, 5) is 10.8. The lowest BCUT2D eigenvalue weighted by Gasteiger charge is -2.00. The van der Waals surface area contributed by atoms with Crippen molar-refractivity contribution in [1.82, 2.24) is 9.66 Å². The molecule has 0 aliphatic carbocycles. The van der Waals surface area contributed by atoms with E-state index in [4.69, 9.17) is 0 Å². The van der Waals surface area contributed by atoms with Crippen LogP contribution >= 0.6 is 22.7 Å². The zero-order valence-corrected chi connectivity index (χ0v) is 13.4. The molecule has 3 rings (SSSR count). The molecule has 110 valence electrons. The van der Waals surface area contributed by atoms with E-state index in [1.54, 1.807) is 41.2 Å². The molecule has 0 unspecified atom stereocenters. The van der Waals surface area contributed by atoms with Gasteiger partial charge >= 0.3 is 0 Å². The SMILES string of the molecule is C=CCN=c1scc(-c2cccs2)n1N=Cc1ccccn1. The average Bonchev–Trinajstić information content (AvgIpc) is 3.21. The zero-order valence-electron chi connectivity index (χ0n) is 11.8. The fourth-order valence-electron chi connectivity index (χ4n) is 1.83. The summed E-state index contributed by atoms with van der Waals surface area (Å²) in [6.45, 7) is 4.28. The highest BCUT2D eigenvalue weighted by Gasteiger charge is 2.07.